The summed E-state index contributed by atoms with van der Waals surface area (Å²) in [5.41, 5.74) is 11.6. The summed E-state index contributed by atoms with van der Waals surface area (Å²) >= 11 is 2.46. The van der Waals surface area contributed by atoms with Gasteiger partial charge in [0.15, 0.2) is 10.8 Å². The standard InChI is InChI=1S/C14H16N6O5S2.C2HF3O2/c1-25-19-7(6-4-27-14(16)17-6)10(21)18-8-11(22)20-9(13(23)24)5(2-15)3-26-12(8)20;3-2(4,5)1(6)7/h4,8,12H,2-3,15H2,1H3,(H2,16,17)(H,18,21)(H,23,24);(H,6,7)/b19-7-;/t8?,12-;/m0./s1. The predicted molar refractivity (Wildman–Crippen MR) is 113 cm³/mol. The van der Waals surface area contributed by atoms with Gasteiger partial charge in [0.05, 0.1) is 0 Å². The minimum absolute atomic E-state index is 0.0397. The molecule has 1 aromatic rings. The van der Waals surface area contributed by atoms with E-state index >= 15 is 0 Å². The van der Waals surface area contributed by atoms with Gasteiger partial charge in [-0.25, -0.2) is 14.6 Å². The van der Waals surface area contributed by atoms with Crippen LogP contribution in [0.3, 0.4) is 0 Å². The highest BCUT2D eigenvalue weighted by Gasteiger charge is 2.54. The fraction of sp³-hybridized carbons (Fsp3) is 0.375. The quantitative estimate of drug-likeness (QED) is 0.179. The Kier molecular flexibility index (Phi) is 8.46. The van der Waals surface area contributed by atoms with E-state index < -0.39 is 41.3 Å². The highest BCUT2D eigenvalue weighted by molar-refractivity contribution is 8.00. The number of carbonyl (C=O) groups is 4. The molecule has 1 saturated heterocycles. The van der Waals surface area contributed by atoms with E-state index in [1.807, 2.05) is 0 Å². The Hall–Kier alpha value is -3.38. The first-order chi connectivity index (χ1) is 15.8. The molecule has 0 spiro atoms. The van der Waals surface area contributed by atoms with Crippen molar-refractivity contribution in [1.29, 1.82) is 0 Å². The third kappa shape index (κ3) is 5.75. The molecule has 2 aliphatic rings. The van der Waals surface area contributed by atoms with Gasteiger partial charge in [-0.15, -0.1) is 23.1 Å². The molecule has 2 aliphatic heterocycles. The van der Waals surface area contributed by atoms with Gasteiger partial charge in [-0.3, -0.25) is 14.5 Å². The van der Waals surface area contributed by atoms with Crippen LogP contribution in [0.5, 0.6) is 0 Å². The summed E-state index contributed by atoms with van der Waals surface area (Å²) in [6, 6.07) is -0.894. The molecule has 0 aliphatic carbocycles. The van der Waals surface area contributed by atoms with E-state index in [4.69, 9.17) is 21.4 Å². The van der Waals surface area contributed by atoms with E-state index in [2.05, 4.69) is 20.3 Å². The molecule has 1 fully saturated rings. The Labute approximate surface area is 196 Å². The number of carboxylic acids is 2. The number of carboxylic acid groups (broad SMARTS) is 2. The summed E-state index contributed by atoms with van der Waals surface area (Å²) in [5.74, 6) is -4.82. The molecule has 1 unspecified atom stereocenters. The Balaban J connectivity index is 0.000000509. The second-order valence-corrected chi connectivity index (χ2v) is 8.31. The summed E-state index contributed by atoms with van der Waals surface area (Å²) in [7, 11) is 1.27. The lowest BCUT2D eigenvalue weighted by Crippen LogP contribution is -2.71. The number of carbonyl (C=O) groups excluding carboxylic acids is 2. The number of nitrogen functional groups attached to an aromatic ring is 1. The number of nitrogens with one attached hydrogen (secondary N) is 1. The maximum atomic E-state index is 12.6. The van der Waals surface area contributed by atoms with Gasteiger partial charge in [0.25, 0.3) is 11.8 Å². The summed E-state index contributed by atoms with van der Waals surface area (Å²) < 4.78 is 31.7. The number of aliphatic carboxylic acids is 2. The van der Waals surface area contributed by atoms with Gasteiger partial charge in [0.1, 0.15) is 29.9 Å². The second kappa shape index (κ2) is 10.7. The van der Waals surface area contributed by atoms with Gasteiger partial charge in [0.2, 0.25) is 0 Å². The van der Waals surface area contributed by atoms with Crippen LogP contribution in [0.2, 0.25) is 0 Å². The number of fused-ring (bicyclic) bond motifs is 1. The molecule has 1 aromatic heterocycles. The average molecular weight is 526 g/mol. The maximum absolute atomic E-state index is 12.6. The van der Waals surface area contributed by atoms with E-state index in [0.29, 0.717) is 11.3 Å². The van der Waals surface area contributed by atoms with Crippen molar-refractivity contribution >= 4 is 57.7 Å². The number of hydrogen-bond acceptors (Lipinski definition) is 11. The van der Waals surface area contributed by atoms with Crippen LogP contribution in [0.1, 0.15) is 5.69 Å². The minimum Gasteiger partial charge on any atom is -0.477 e. The molecular weight excluding hydrogens is 509 g/mol. The Bertz CT molecular complexity index is 1060. The fourth-order valence-electron chi connectivity index (χ4n) is 2.74. The number of alkyl halides is 3. The fourth-order valence-corrected chi connectivity index (χ4v) is 4.65. The number of thiazole rings is 1. The number of aromatic nitrogens is 1. The molecular formula is C16H17F3N6O7S2. The monoisotopic (exact) mass is 526 g/mol. The highest BCUT2D eigenvalue weighted by Crippen LogP contribution is 2.40. The summed E-state index contributed by atoms with van der Waals surface area (Å²) in [5, 5.41) is 24.0. The van der Waals surface area contributed by atoms with Gasteiger partial charge in [-0.05, 0) is 5.57 Å². The van der Waals surface area contributed by atoms with Gasteiger partial charge in [-0.2, -0.15) is 13.2 Å². The van der Waals surface area contributed by atoms with E-state index in [9.17, 15) is 32.7 Å². The van der Waals surface area contributed by atoms with Crippen LogP contribution in [0.15, 0.2) is 21.8 Å². The van der Waals surface area contributed by atoms with Crippen molar-refractivity contribution < 1.29 is 47.4 Å². The number of nitrogens with two attached hydrogens (primary N) is 2. The van der Waals surface area contributed by atoms with Crippen molar-refractivity contribution in [2.75, 3.05) is 25.1 Å². The summed E-state index contributed by atoms with van der Waals surface area (Å²) in [4.78, 5) is 55.3. The first-order valence-corrected chi connectivity index (χ1v) is 10.8. The minimum atomic E-state index is -5.08. The number of rotatable bonds is 6. The molecule has 2 atom stereocenters. The molecule has 0 aromatic carbocycles. The second-order valence-electron chi connectivity index (χ2n) is 6.32. The zero-order valence-corrected chi connectivity index (χ0v) is 18.7. The number of oxime groups is 1. The number of amides is 2. The number of anilines is 1. The largest absolute Gasteiger partial charge is 0.490 e. The molecule has 7 N–H and O–H groups in total. The van der Waals surface area contributed by atoms with Crippen molar-refractivity contribution in [3.8, 4) is 0 Å². The van der Waals surface area contributed by atoms with Crippen molar-refractivity contribution in [1.82, 2.24) is 15.2 Å². The number of nitrogens with zero attached hydrogens (tertiary/aromatic N) is 3. The molecule has 0 saturated carbocycles. The van der Waals surface area contributed by atoms with E-state index in [-0.39, 0.29) is 28.8 Å². The molecule has 18 heteroatoms. The number of hydrogen-bond donors (Lipinski definition) is 5. The van der Waals surface area contributed by atoms with Crippen LogP contribution in [0.4, 0.5) is 18.3 Å². The zero-order chi connectivity index (χ0) is 25.8. The molecule has 0 radical (unpaired) electrons. The topological polar surface area (TPSA) is 211 Å². The normalized spacial score (nSPS) is 20.0. The van der Waals surface area contributed by atoms with Crippen molar-refractivity contribution in [3.63, 3.8) is 0 Å². The smallest absolute Gasteiger partial charge is 0.477 e. The highest BCUT2D eigenvalue weighted by atomic mass is 32.2. The number of thioether (sulfide) groups is 1. The lowest BCUT2D eigenvalue weighted by atomic mass is 10.0. The number of β-lactam (4-membered cyclic amide) rings is 1. The molecule has 3 rings (SSSR count). The van der Waals surface area contributed by atoms with E-state index in [0.717, 1.165) is 16.2 Å². The third-order valence-electron chi connectivity index (χ3n) is 4.19. The number of halogens is 3. The van der Waals surface area contributed by atoms with Crippen LogP contribution in [0.25, 0.3) is 0 Å². The van der Waals surface area contributed by atoms with Crippen LogP contribution < -0.4 is 16.8 Å². The molecule has 13 nitrogen and oxygen atoms in total. The Morgan fingerprint density at radius 1 is 1.38 bits per heavy atom. The van der Waals surface area contributed by atoms with Crippen molar-refractivity contribution in [2.24, 2.45) is 10.9 Å². The molecule has 0 bridgehead atoms. The third-order valence-corrected chi connectivity index (χ3v) is 6.20. The van der Waals surface area contributed by atoms with Gasteiger partial charge < -0.3 is 31.8 Å². The lowest BCUT2D eigenvalue weighted by molar-refractivity contribution is -0.192. The van der Waals surface area contributed by atoms with Gasteiger partial charge in [0, 0.05) is 17.7 Å². The van der Waals surface area contributed by atoms with Crippen LogP contribution in [0, 0.1) is 0 Å². The van der Waals surface area contributed by atoms with Crippen LogP contribution in [-0.4, -0.2) is 86.6 Å². The Morgan fingerprint density at radius 2 is 2.00 bits per heavy atom. The van der Waals surface area contributed by atoms with E-state index in [1.54, 1.807) is 0 Å². The van der Waals surface area contributed by atoms with Crippen molar-refractivity contribution in [3.05, 3.63) is 22.3 Å². The summed E-state index contributed by atoms with van der Waals surface area (Å²) in [6.07, 6.45) is -5.08. The Morgan fingerprint density at radius 3 is 2.44 bits per heavy atom. The average Bonchev–Trinajstić information content (AvgIpc) is 3.19. The van der Waals surface area contributed by atoms with E-state index in [1.165, 1.54) is 24.3 Å². The predicted octanol–water partition coefficient (Wildman–Crippen LogP) is -0.594. The summed E-state index contributed by atoms with van der Waals surface area (Å²) in [6.45, 7) is 0.0397. The first-order valence-electron chi connectivity index (χ1n) is 8.87. The van der Waals surface area contributed by atoms with Crippen molar-refractivity contribution in [2.45, 2.75) is 17.6 Å². The zero-order valence-electron chi connectivity index (χ0n) is 17.0. The molecule has 3 heterocycles. The van der Waals surface area contributed by atoms with Gasteiger partial charge in [-0.1, -0.05) is 5.16 Å². The lowest BCUT2D eigenvalue weighted by Gasteiger charge is -2.49. The molecule has 34 heavy (non-hydrogen) atoms. The van der Waals surface area contributed by atoms with Gasteiger partial charge >= 0.3 is 18.1 Å². The SMILES string of the molecule is CO/N=C(\C(=O)NC1C(=O)N2C(C(=O)O)=C(CN)CS[C@@H]12)c1csc(N)n1.O=C(O)C(F)(F)F. The molecule has 186 valence electrons. The van der Waals surface area contributed by atoms with Crippen LogP contribution >= 0.6 is 23.1 Å². The molecule has 2 amide bonds. The maximum Gasteiger partial charge on any atom is 0.490 e. The van der Waals surface area contributed by atoms with Crippen LogP contribution in [-0.2, 0) is 24.0 Å². The first kappa shape index (κ1) is 26.9.